The number of carboxylic acid groups (broad SMARTS) is 1. The topological polar surface area (TPSA) is 88.3 Å². The average molecular weight is 330 g/mol. The molecule has 1 atom stereocenters. The van der Waals surface area contributed by atoms with E-state index in [-0.39, 0.29) is 11.9 Å². The molecule has 0 bridgehead atoms. The van der Waals surface area contributed by atoms with Gasteiger partial charge in [0.25, 0.3) is 5.91 Å². The summed E-state index contributed by atoms with van der Waals surface area (Å²) in [6.07, 6.45) is 3.86. The summed E-state index contributed by atoms with van der Waals surface area (Å²) in [6, 6.07) is 1.20. The van der Waals surface area contributed by atoms with E-state index in [9.17, 15) is 14.7 Å². The van der Waals surface area contributed by atoms with Gasteiger partial charge in [-0.3, -0.25) is 4.79 Å². The van der Waals surface area contributed by atoms with E-state index in [1.807, 2.05) is 18.5 Å². The number of piperidine rings is 1. The van der Waals surface area contributed by atoms with E-state index in [2.05, 4.69) is 10.1 Å². The van der Waals surface area contributed by atoms with E-state index in [1.54, 1.807) is 19.2 Å². The van der Waals surface area contributed by atoms with Crippen molar-refractivity contribution < 1.29 is 14.7 Å². The lowest BCUT2D eigenvalue weighted by atomic mass is 10.0. The van der Waals surface area contributed by atoms with Crippen LogP contribution in [-0.4, -0.2) is 49.2 Å². The minimum Gasteiger partial charge on any atom is -0.480 e. The van der Waals surface area contributed by atoms with Crippen molar-refractivity contribution in [3.63, 3.8) is 0 Å². The van der Waals surface area contributed by atoms with Gasteiger partial charge in [-0.2, -0.15) is 5.10 Å². The molecule has 0 spiro atoms. The number of hydrogen-bond donors (Lipinski definition) is 1. The van der Waals surface area contributed by atoms with Gasteiger partial charge in [0.05, 0.1) is 17.5 Å². The molecule has 7 nitrogen and oxygen atoms in total. The van der Waals surface area contributed by atoms with E-state index < -0.39 is 12.0 Å². The fraction of sp³-hybridized carbons (Fsp3) is 0.529. The summed E-state index contributed by atoms with van der Waals surface area (Å²) in [7, 11) is 0. The molecule has 3 rings (SSSR count). The van der Waals surface area contributed by atoms with Crippen molar-refractivity contribution in [2.24, 2.45) is 0 Å². The number of aliphatic carboxylic acids is 1. The van der Waals surface area contributed by atoms with Crippen LogP contribution in [0.1, 0.15) is 55.2 Å². The van der Waals surface area contributed by atoms with Gasteiger partial charge in [0.1, 0.15) is 6.04 Å². The van der Waals surface area contributed by atoms with Crippen LogP contribution in [0.3, 0.4) is 0 Å². The summed E-state index contributed by atoms with van der Waals surface area (Å²) in [4.78, 5) is 30.4. The standard InChI is InChI=1S/C17H22N4O3/c1-10(2)21-15-12(9-18-21)8-13(11(3)19-15)16(22)20-7-5-4-6-14(20)17(23)24/h8-10,14H,4-7H2,1-3H3,(H,23,24)/t14-/m1/s1. The number of carbonyl (C=O) groups excluding carboxylic acids is 1. The van der Waals surface area contributed by atoms with E-state index in [0.717, 1.165) is 23.9 Å². The second-order valence-corrected chi connectivity index (χ2v) is 6.57. The number of pyridine rings is 1. The molecule has 7 heteroatoms. The highest BCUT2D eigenvalue weighted by Crippen LogP contribution is 2.24. The lowest BCUT2D eigenvalue weighted by Crippen LogP contribution is -2.48. The van der Waals surface area contributed by atoms with Crippen LogP contribution < -0.4 is 0 Å². The maximum Gasteiger partial charge on any atom is 0.326 e. The Morgan fingerprint density at radius 2 is 2.08 bits per heavy atom. The number of amides is 1. The number of hydrogen-bond acceptors (Lipinski definition) is 4. The van der Waals surface area contributed by atoms with Gasteiger partial charge in [-0.25, -0.2) is 14.5 Å². The van der Waals surface area contributed by atoms with Crippen molar-refractivity contribution in [3.8, 4) is 0 Å². The van der Waals surface area contributed by atoms with E-state index in [0.29, 0.717) is 24.2 Å². The Kier molecular flexibility index (Phi) is 4.26. The van der Waals surface area contributed by atoms with Gasteiger partial charge in [-0.1, -0.05) is 0 Å². The summed E-state index contributed by atoms with van der Waals surface area (Å²) < 4.78 is 1.82. The van der Waals surface area contributed by atoms with Crippen LogP contribution in [-0.2, 0) is 4.79 Å². The predicted octanol–water partition coefficient (Wildman–Crippen LogP) is 2.40. The van der Waals surface area contributed by atoms with Gasteiger partial charge in [0.2, 0.25) is 0 Å². The number of aromatic nitrogens is 3. The van der Waals surface area contributed by atoms with Gasteiger partial charge < -0.3 is 10.0 Å². The molecule has 2 aromatic heterocycles. The maximum absolute atomic E-state index is 12.9. The average Bonchev–Trinajstić information content (AvgIpc) is 2.96. The highest BCUT2D eigenvalue weighted by molar-refractivity contribution is 6.00. The zero-order valence-electron chi connectivity index (χ0n) is 14.2. The first-order chi connectivity index (χ1) is 11.4. The fourth-order valence-electron chi connectivity index (χ4n) is 3.25. The molecule has 24 heavy (non-hydrogen) atoms. The molecule has 0 aliphatic carbocycles. The molecule has 0 saturated carbocycles. The Morgan fingerprint density at radius 1 is 1.33 bits per heavy atom. The van der Waals surface area contributed by atoms with Crippen LogP contribution in [0.4, 0.5) is 0 Å². The van der Waals surface area contributed by atoms with Gasteiger partial charge in [0, 0.05) is 18.0 Å². The van der Waals surface area contributed by atoms with Crippen molar-refractivity contribution >= 4 is 22.9 Å². The summed E-state index contributed by atoms with van der Waals surface area (Å²) in [6.45, 7) is 6.30. The molecule has 0 unspecified atom stereocenters. The van der Waals surface area contributed by atoms with Crippen LogP contribution in [0, 0.1) is 6.92 Å². The first-order valence-corrected chi connectivity index (χ1v) is 8.28. The smallest absolute Gasteiger partial charge is 0.326 e. The molecule has 1 aliphatic heterocycles. The molecule has 0 radical (unpaired) electrons. The Bertz CT molecular complexity index is 796. The Labute approximate surface area is 140 Å². The Balaban J connectivity index is 2.00. The summed E-state index contributed by atoms with van der Waals surface area (Å²) in [5.41, 5.74) is 1.80. The molecule has 1 amide bonds. The molecular weight excluding hydrogens is 308 g/mol. The molecule has 128 valence electrons. The van der Waals surface area contributed by atoms with Crippen LogP contribution in [0.2, 0.25) is 0 Å². The maximum atomic E-state index is 12.9. The summed E-state index contributed by atoms with van der Waals surface area (Å²) >= 11 is 0. The van der Waals surface area contributed by atoms with Crippen molar-refractivity contribution in [2.75, 3.05) is 6.54 Å². The quantitative estimate of drug-likeness (QED) is 0.933. The van der Waals surface area contributed by atoms with Gasteiger partial charge in [0.15, 0.2) is 5.65 Å². The SMILES string of the molecule is Cc1nc2c(cnn2C(C)C)cc1C(=O)N1CCCC[C@@H]1C(=O)O. The number of fused-ring (bicyclic) bond motifs is 1. The second-order valence-electron chi connectivity index (χ2n) is 6.57. The van der Waals surface area contributed by atoms with Crippen LogP contribution in [0.25, 0.3) is 11.0 Å². The lowest BCUT2D eigenvalue weighted by Gasteiger charge is -2.33. The van der Waals surface area contributed by atoms with Gasteiger partial charge in [-0.15, -0.1) is 0 Å². The molecule has 1 N–H and O–H groups in total. The number of aryl methyl sites for hydroxylation is 1. The zero-order chi connectivity index (χ0) is 17.4. The summed E-state index contributed by atoms with van der Waals surface area (Å²) in [5, 5.41) is 14.5. The third-order valence-electron chi connectivity index (χ3n) is 4.53. The fourth-order valence-corrected chi connectivity index (χ4v) is 3.25. The van der Waals surface area contributed by atoms with E-state index in [4.69, 9.17) is 0 Å². The molecule has 2 aromatic rings. The highest BCUT2D eigenvalue weighted by atomic mass is 16.4. The van der Waals surface area contributed by atoms with Crippen LogP contribution in [0.5, 0.6) is 0 Å². The number of carbonyl (C=O) groups is 2. The molecule has 3 heterocycles. The first-order valence-electron chi connectivity index (χ1n) is 8.28. The molecule has 1 fully saturated rings. The number of nitrogens with zero attached hydrogens (tertiary/aromatic N) is 4. The number of likely N-dealkylation sites (tertiary alicyclic amines) is 1. The second kappa shape index (κ2) is 6.22. The van der Waals surface area contributed by atoms with Crippen molar-refractivity contribution in [1.29, 1.82) is 0 Å². The molecular formula is C17H22N4O3. The number of carboxylic acids is 1. The monoisotopic (exact) mass is 330 g/mol. The van der Waals surface area contributed by atoms with Gasteiger partial charge >= 0.3 is 5.97 Å². The normalized spacial score (nSPS) is 18.3. The predicted molar refractivity (Wildman–Crippen MR) is 89.0 cm³/mol. The van der Waals surface area contributed by atoms with Crippen molar-refractivity contribution in [2.45, 2.75) is 52.1 Å². The highest BCUT2D eigenvalue weighted by Gasteiger charge is 2.33. The van der Waals surface area contributed by atoms with Crippen LogP contribution >= 0.6 is 0 Å². The molecule has 1 saturated heterocycles. The lowest BCUT2D eigenvalue weighted by molar-refractivity contribution is -0.143. The summed E-state index contributed by atoms with van der Waals surface area (Å²) in [5.74, 6) is -1.20. The van der Waals surface area contributed by atoms with Crippen LogP contribution in [0.15, 0.2) is 12.3 Å². The van der Waals surface area contributed by atoms with E-state index >= 15 is 0 Å². The number of rotatable bonds is 3. The minimum absolute atomic E-state index is 0.175. The zero-order valence-corrected chi connectivity index (χ0v) is 14.2. The minimum atomic E-state index is -0.942. The third kappa shape index (κ3) is 2.74. The Hall–Kier alpha value is -2.44. The van der Waals surface area contributed by atoms with Crippen molar-refractivity contribution in [3.05, 3.63) is 23.5 Å². The third-order valence-corrected chi connectivity index (χ3v) is 4.53. The Morgan fingerprint density at radius 3 is 2.75 bits per heavy atom. The van der Waals surface area contributed by atoms with Gasteiger partial charge in [-0.05, 0) is 46.1 Å². The largest absolute Gasteiger partial charge is 0.480 e. The molecule has 1 aliphatic rings. The van der Waals surface area contributed by atoms with Crippen molar-refractivity contribution in [1.82, 2.24) is 19.7 Å². The first kappa shape index (κ1) is 16.4. The van der Waals surface area contributed by atoms with E-state index in [1.165, 1.54) is 4.90 Å². The molecule has 0 aromatic carbocycles.